The second-order valence-corrected chi connectivity index (χ2v) is 1.70. The minimum atomic E-state index is -0.402. The maximum atomic E-state index is 10.7. The second kappa shape index (κ2) is 4.63. The molecule has 0 aliphatic heterocycles. The van der Waals surface area contributed by atoms with E-state index in [2.05, 4.69) is 17.2 Å². The van der Waals surface area contributed by atoms with Crippen molar-refractivity contribution in [1.82, 2.24) is 0 Å². The first-order valence-corrected chi connectivity index (χ1v) is 3.00. The summed E-state index contributed by atoms with van der Waals surface area (Å²) in [5.41, 5.74) is 0.337. The van der Waals surface area contributed by atoms with Gasteiger partial charge >= 0.3 is 5.97 Å². The quantitative estimate of drug-likeness (QED) is 0.332. The molecule has 0 unspecified atom stereocenters. The molecule has 0 aromatic carbocycles. The molecule has 0 aliphatic rings. The highest BCUT2D eigenvalue weighted by Crippen LogP contribution is 1.98. The van der Waals surface area contributed by atoms with Crippen molar-refractivity contribution in [2.24, 2.45) is 0 Å². The summed E-state index contributed by atoms with van der Waals surface area (Å²) in [4.78, 5) is 10.7. The van der Waals surface area contributed by atoms with E-state index < -0.39 is 5.97 Å². The summed E-state index contributed by atoms with van der Waals surface area (Å²) in [6, 6.07) is 0. The normalized spacial score (nSPS) is 8.00. The van der Waals surface area contributed by atoms with Gasteiger partial charge in [0.25, 0.3) is 0 Å². The molecule has 0 aromatic heterocycles. The van der Waals surface area contributed by atoms with Gasteiger partial charge in [-0.05, 0) is 6.92 Å². The molecule has 0 radical (unpaired) electrons. The minimum absolute atomic E-state index is 0.263. The number of hydrogen-bond donors (Lipinski definition) is 0. The van der Waals surface area contributed by atoms with Crippen LogP contribution in [0.5, 0.6) is 0 Å². The SMILES string of the molecule is C#CCC(=C)C(=O)OCC. The molecule has 0 atom stereocenters. The van der Waals surface area contributed by atoms with Crippen LogP contribution in [0.25, 0.3) is 0 Å². The fourth-order valence-electron chi connectivity index (χ4n) is 0.429. The first-order valence-electron chi connectivity index (χ1n) is 3.00. The van der Waals surface area contributed by atoms with Gasteiger partial charge in [0.1, 0.15) is 0 Å². The van der Waals surface area contributed by atoms with Crippen molar-refractivity contribution in [1.29, 1.82) is 0 Å². The molecule has 10 heavy (non-hydrogen) atoms. The molecular weight excluding hydrogens is 128 g/mol. The topological polar surface area (TPSA) is 26.3 Å². The molecule has 2 nitrogen and oxygen atoms in total. The summed E-state index contributed by atoms with van der Waals surface area (Å²) < 4.78 is 4.62. The van der Waals surface area contributed by atoms with Gasteiger partial charge in [-0.2, -0.15) is 0 Å². The average molecular weight is 138 g/mol. The first-order chi connectivity index (χ1) is 4.72. The van der Waals surface area contributed by atoms with Crippen molar-refractivity contribution in [3.63, 3.8) is 0 Å². The molecule has 0 saturated carbocycles. The smallest absolute Gasteiger partial charge is 0.334 e. The van der Waals surface area contributed by atoms with Crippen LogP contribution in [-0.4, -0.2) is 12.6 Å². The zero-order valence-corrected chi connectivity index (χ0v) is 6.02. The predicted octanol–water partition coefficient (Wildman–Crippen LogP) is 1.13. The number of esters is 1. The number of carbonyl (C=O) groups is 1. The monoisotopic (exact) mass is 138 g/mol. The van der Waals surface area contributed by atoms with Crippen LogP contribution in [0.2, 0.25) is 0 Å². The largest absolute Gasteiger partial charge is 0.463 e. The van der Waals surface area contributed by atoms with Gasteiger partial charge in [0.15, 0.2) is 0 Å². The molecular formula is C8H10O2. The number of carbonyl (C=O) groups excluding carboxylic acids is 1. The lowest BCUT2D eigenvalue weighted by atomic mass is 10.2. The highest BCUT2D eigenvalue weighted by molar-refractivity contribution is 5.88. The fraction of sp³-hybridized carbons (Fsp3) is 0.375. The first kappa shape index (κ1) is 8.77. The third-order valence-electron chi connectivity index (χ3n) is 0.880. The van der Waals surface area contributed by atoms with E-state index in [0.29, 0.717) is 12.2 Å². The maximum absolute atomic E-state index is 10.7. The third kappa shape index (κ3) is 2.93. The summed E-state index contributed by atoms with van der Waals surface area (Å²) in [5.74, 6) is 1.90. The van der Waals surface area contributed by atoms with Crippen LogP contribution in [-0.2, 0) is 9.53 Å². The second-order valence-electron chi connectivity index (χ2n) is 1.70. The van der Waals surface area contributed by atoms with E-state index in [4.69, 9.17) is 6.42 Å². The summed E-state index contributed by atoms with van der Waals surface area (Å²) in [5, 5.41) is 0. The summed E-state index contributed by atoms with van der Waals surface area (Å²) in [6.07, 6.45) is 5.21. The molecule has 0 saturated heterocycles. The molecule has 0 aliphatic carbocycles. The lowest BCUT2D eigenvalue weighted by molar-refractivity contribution is -0.138. The minimum Gasteiger partial charge on any atom is -0.463 e. The average Bonchev–Trinajstić information content (AvgIpc) is 1.89. The van der Waals surface area contributed by atoms with Crippen LogP contribution < -0.4 is 0 Å². The molecule has 0 heterocycles. The zero-order chi connectivity index (χ0) is 7.98. The Balaban J connectivity index is 3.74. The van der Waals surface area contributed by atoms with Crippen molar-refractivity contribution in [2.45, 2.75) is 13.3 Å². The van der Waals surface area contributed by atoms with Crippen molar-refractivity contribution >= 4 is 5.97 Å². The zero-order valence-electron chi connectivity index (χ0n) is 6.02. The summed E-state index contributed by atoms with van der Waals surface area (Å²) in [6.45, 7) is 5.55. The van der Waals surface area contributed by atoms with Crippen LogP contribution in [0.3, 0.4) is 0 Å². The van der Waals surface area contributed by atoms with Gasteiger partial charge in [-0.1, -0.05) is 6.58 Å². The van der Waals surface area contributed by atoms with Crippen LogP contribution in [0, 0.1) is 12.3 Å². The van der Waals surface area contributed by atoms with Crippen LogP contribution in [0.1, 0.15) is 13.3 Å². The highest BCUT2D eigenvalue weighted by Gasteiger charge is 2.04. The molecule has 0 spiro atoms. The molecule has 0 rings (SSSR count). The van der Waals surface area contributed by atoms with Gasteiger partial charge in [0.2, 0.25) is 0 Å². The molecule has 0 aromatic rings. The number of hydrogen-bond acceptors (Lipinski definition) is 2. The lowest BCUT2D eigenvalue weighted by Gasteiger charge is -1.99. The van der Waals surface area contributed by atoms with Crippen molar-refractivity contribution in [3.8, 4) is 12.3 Å². The summed E-state index contributed by atoms with van der Waals surface area (Å²) >= 11 is 0. The molecule has 0 fully saturated rings. The molecule has 0 amide bonds. The Morgan fingerprint density at radius 2 is 2.40 bits per heavy atom. The van der Waals surface area contributed by atoms with Gasteiger partial charge in [-0.15, -0.1) is 12.3 Å². The Hall–Kier alpha value is -1.23. The Labute approximate surface area is 60.9 Å². The van der Waals surface area contributed by atoms with Gasteiger partial charge in [0, 0.05) is 12.0 Å². The van der Waals surface area contributed by atoms with Gasteiger partial charge in [-0.3, -0.25) is 0 Å². The van der Waals surface area contributed by atoms with Gasteiger partial charge in [-0.25, -0.2) is 4.79 Å². The molecule has 2 heteroatoms. The molecule has 54 valence electrons. The van der Waals surface area contributed by atoms with Gasteiger partial charge in [0.05, 0.1) is 6.61 Å². The van der Waals surface area contributed by atoms with Crippen LogP contribution >= 0.6 is 0 Å². The lowest BCUT2D eigenvalue weighted by Crippen LogP contribution is -2.05. The fourth-order valence-corrected chi connectivity index (χ4v) is 0.429. The van der Waals surface area contributed by atoms with E-state index >= 15 is 0 Å². The third-order valence-corrected chi connectivity index (χ3v) is 0.880. The molecule has 0 bridgehead atoms. The maximum Gasteiger partial charge on any atom is 0.334 e. The number of ether oxygens (including phenoxy) is 1. The van der Waals surface area contributed by atoms with E-state index in [1.807, 2.05) is 0 Å². The summed E-state index contributed by atoms with van der Waals surface area (Å²) in [7, 11) is 0. The predicted molar refractivity (Wildman–Crippen MR) is 39.2 cm³/mol. The molecule has 0 N–H and O–H groups in total. The van der Waals surface area contributed by atoms with E-state index in [-0.39, 0.29) is 6.42 Å². The van der Waals surface area contributed by atoms with Gasteiger partial charge < -0.3 is 4.74 Å². The van der Waals surface area contributed by atoms with E-state index in [1.54, 1.807) is 6.92 Å². The Morgan fingerprint density at radius 3 is 2.80 bits per heavy atom. The van der Waals surface area contributed by atoms with Crippen molar-refractivity contribution in [3.05, 3.63) is 12.2 Å². The standard InChI is InChI=1S/C8H10O2/c1-4-6-7(3)8(9)10-5-2/h1H,3,5-6H2,2H3. The highest BCUT2D eigenvalue weighted by atomic mass is 16.5. The number of terminal acetylenes is 1. The van der Waals surface area contributed by atoms with Crippen molar-refractivity contribution < 1.29 is 9.53 Å². The van der Waals surface area contributed by atoms with Crippen molar-refractivity contribution in [2.75, 3.05) is 6.61 Å². The van der Waals surface area contributed by atoms with E-state index in [9.17, 15) is 4.79 Å². The Bertz CT molecular complexity index is 174. The van der Waals surface area contributed by atoms with Crippen LogP contribution in [0.15, 0.2) is 12.2 Å². The van der Waals surface area contributed by atoms with Crippen LogP contribution in [0.4, 0.5) is 0 Å². The van der Waals surface area contributed by atoms with E-state index in [0.717, 1.165) is 0 Å². The number of rotatable bonds is 3. The Morgan fingerprint density at radius 1 is 1.80 bits per heavy atom. The Kier molecular flexibility index (Phi) is 4.06. The van der Waals surface area contributed by atoms with E-state index in [1.165, 1.54) is 0 Å².